The van der Waals surface area contributed by atoms with Gasteiger partial charge in [0.25, 0.3) is 11.8 Å². The number of benzene rings is 2. The van der Waals surface area contributed by atoms with Crippen molar-refractivity contribution in [3.05, 3.63) is 64.2 Å². The van der Waals surface area contributed by atoms with Gasteiger partial charge in [-0.2, -0.15) is 0 Å². The molecule has 0 bridgehead atoms. The number of hydrazine groups is 1. The van der Waals surface area contributed by atoms with Crippen LogP contribution in [0.5, 0.6) is 5.75 Å². The quantitative estimate of drug-likeness (QED) is 0.489. The van der Waals surface area contributed by atoms with Gasteiger partial charge in [0.05, 0.1) is 4.92 Å². The topological polar surface area (TPSA) is 140 Å². The van der Waals surface area contributed by atoms with E-state index in [1.54, 1.807) is 19.1 Å². The van der Waals surface area contributed by atoms with Crippen molar-refractivity contribution in [1.29, 1.82) is 0 Å². The summed E-state index contributed by atoms with van der Waals surface area (Å²) >= 11 is 0. The summed E-state index contributed by atoms with van der Waals surface area (Å²) in [6.45, 7) is 1.20. The lowest BCUT2D eigenvalue weighted by Gasteiger charge is -2.09. The van der Waals surface area contributed by atoms with Gasteiger partial charge in [-0.3, -0.25) is 35.3 Å². The van der Waals surface area contributed by atoms with Crippen molar-refractivity contribution in [2.75, 3.05) is 11.9 Å². The van der Waals surface area contributed by atoms with E-state index in [4.69, 9.17) is 4.74 Å². The maximum Gasteiger partial charge on any atom is 0.310 e. The first-order chi connectivity index (χ1) is 13.4. The molecule has 3 amide bonds. The van der Waals surface area contributed by atoms with Gasteiger partial charge in [-0.1, -0.05) is 19.1 Å². The van der Waals surface area contributed by atoms with Crippen LogP contribution in [0.1, 0.15) is 23.7 Å². The molecule has 0 radical (unpaired) electrons. The van der Waals surface area contributed by atoms with E-state index in [2.05, 4.69) is 16.2 Å². The van der Waals surface area contributed by atoms with E-state index in [1.807, 2.05) is 0 Å². The number of carbonyl (C=O) groups excluding carboxylic acids is 3. The summed E-state index contributed by atoms with van der Waals surface area (Å²) in [4.78, 5) is 45.4. The highest BCUT2D eigenvalue weighted by Gasteiger charge is 2.15. The number of carbonyl (C=O) groups is 3. The van der Waals surface area contributed by atoms with E-state index in [1.165, 1.54) is 36.4 Å². The molecule has 0 saturated heterocycles. The Morgan fingerprint density at radius 2 is 1.68 bits per heavy atom. The SMILES string of the molecule is CCC(=O)Nc1ccc(C(=O)NNC(=O)COc2ccccc2[N+](=O)[O-])cc1. The first-order valence-corrected chi connectivity index (χ1v) is 8.26. The van der Waals surface area contributed by atoms with Crippen molar-refractivity contribution in [3.63, 3.8) is 0 Å². The predicted molar refractivity (Wildman–Crippen MR) is 99.6 cm³/mol. The first kappa shape index (κ1) is 20.4. The molecule has 3 N–H and O–H groups in total. The Morgan fingerprint density at radius 1 is 1.00 bits per heavy atom. The molecule has 0 saturated carbocycles. The van der Waals surface area contributed by atoms with E-state index in [9.17, 15) is 24.5 Å². The van der Waals surface area contributed by atoms with Crippen molar-refractivity contribution >= 4 is 29.1 Å². The zero-order chi connectivity index (χ0) is 20.5. The van der Waals surface area contributed by atoms with E-state index in [0.29, 0.717) is 12.1 Å². The van der Waals surface area contributed by atoms with Crippen LogP contribution in [0.4, 0.5) is 11.4 Å². The Bertz CT molecular complexity index is 882. The molecular weight excluding hydrogens is 368 g/mol. The maximum atomic E-state index is 12.0. The Morgan fingerprint density at radius 3 is 2.32 bits per heavy atom. The van der Waals surface area contributed by atoms with Crippen LogP contribution >= 0.6 is 0 Å². The van der Waals surface area contributed by atoms with Gasteiger partial charge in [0.1, 0.15) is 0 Å². The molecule has 146 valence electrons. The third-order valence-electron chi connectivity index (χ3n) is 3.49. The molecule has 0 aromatic heterocycles. The van der Waals surface area contributed by atoms with Crippen LogP contribution in [-0.4, -0.2) is 29.3 Å². The molecule has 0 atom stereocenters. The minimum absolute atomic E-state index is 0.0568. The minimum Gasteiger partial charge on any atom is -0.477 e. The summed E-state index contributed by atoms with van der Waals surface area (Å²) in [5, 5.41) is 13.5. The van der Waals surface area contributed by atoms with Crippen molar-refractivity contribution < 1.29 is 24.0 Å². The molecule has 0 unspecified atom stereocenters. The lowest BCUT2D eigenvalue weighted by atomic mass is 10.2. The van der Waals surface area contributed by atoms with Crippen LogP contribution in [0.25, 0.3) is 0 Å². The smallest absolute Gasteiger partial charge is 0.310 e. The zero-order valence-electron chi connectivity index (χ0n) is 14.9. The molecule has 0 spiro atoms. The normalized spacial score (nSPS) is 9.89. The van der Waals surface area contributed by atoms with Crippen molar-refractivity contribution in [1.82, 2.24) is 10.9 Å². The number of para-hydroxylation sites is 2. The van der Waals surface area contributed by atoms with E-state index < -0.39 is 23.3 Å². The van der Waals surface area contributed by atoms with Gasteiger partial charge in [0.15, 0.2) is 12.4 Å². The molecule has 0 aliphatic carbocycles. The van der Waals surface area contributed by atoms with Crippen molar-refractivity contribution in [3.8, 4) is 5.75 Å². The van der Waals surface area contributed by atoms with Gasteiger partial charge < -0.3 is 10.1 Å². The second-order valence-electron chi connectivity index (χ2n) is 5.49. The highest BCUT2D eigenvalue weighted by Crippen LogP contribution is 2.25. The average Bonchev–Trinajstić information content (AvgIpc) is 2.71. The summed E-state index contributed by atoms with van der Waals surface area (Å²) in [5.41, 5.74) is 4.89. The number of hydrogen-bond donors (Lipinski definition) is 3. The van der Waals surface area contributed by atoms with E-state index in [-0.39, 0.29) is 22.9 Å². The second-order valence-corrected chi connectivity index (χ2v) is 5.49. The Hall–Kier alpha value is -3.95. The summed E-state index contributed by atoms with van der Waals surface area (Å²) in [6, 6.07) is 11.7. The Labute approximate surface area is 160 Å². The summed E-state index contributed by atoms with van der Waals surface area (Å²) in [5.74, 6) is -1.48. The van der Waals surface area contributed by atoms with Gasteiger partial charge in [-0.25, -0.2) is 0 Å². The number of amides is 3. The number of nitrogens with zero attached hydrogens (tertiary/aromatic N) is 1. The second kappa shape index (κ2) is 9.67. The molecule has 0 aliphatic rings. The Kier molecular flexibility index (Phi) is 7.03. The van der Waals surface area contributed by atoms with Crippen LogP contribution < -0.4 is 20.9 Å². The predicted octanol–water partition coefficient (Wildman–Crippen LogP) is 1.78. The summed E-state index contributed by atoms with van der Waals surface area (Å²) < 4.78 is 5.12. The van der Waals surface area contributed by atoms with Crippen LogP contribution in [0.2, 0.25) is 0 Å². The summed E-state index contributed by atoms with van der Waals surface area (Å²) in [7, 11) is 0. The first-order valence-electron chi connectivity index (χ1n) is 8.26. The lowest BCUT2D eigenvalue weighted by molar-refractivity contribution is -0.385. The third-order valence-corrected chi connectivity index (χ3v) is 3.49. The molecule has 2 rings (SSSR count). The third kappa shape index (κ3) is 5.80. The number of nitro benzene ring substituents is 1. The molecule has 10 heteroatoms. The number of ether oxygens (including phenoxy) is 1. The van der Waals surface area contributed by atoms with Crippen LogP contribution in [0.15, 0.2) is 48.5 Å². The molecule has 2 aromatic carbocycles. The number of hydrogen-bond acceptors (Lipinski definition) is 6. The fourth-order valence-corrected chi connectivity index (χ4v) is 2.06. The summed E-state index contributed by atoms with van der Waals surface area (Å²) in [6.07, 6.45) is 0.336. The monoisotopic (exact) mass is 386 g/mol. The molecule has 0 fully saturated rings. The average molecular weight is 386 g/mol. The molecule has 10 nitrogen and oxygen atoms in total. The van der Waals surface area contributed by atoms with E-state index in [0.717, 1.165) is 0 Å². The van der Waals surface area contributed by atoms with Gasteiger partial charge in [0, 0.05) is 23.7 Å². The highest BCUT2D eigenvalue weighted by atomic mass is 16.6. The Balaban J connectivity index is 1.83. The zero-order valence-corrected chi connectivity index (χ0v) is 14.9. The number of nitrogens with one attached hydrogen (secondary N) is 3. The number of rotatable bonds is 7. The molecule has 28 heavy (non-hydrogen) atoms. The molecule has 0 heterocycles. The van der Waals surface area contributed by atoms with Gasteiger partial charge in [0.2, 0.25) is 5.91 Å². The largest absolute Gasteiger partial charge is 0.477 e. The number of anilines is 1. The molecule has 0 aliphatic heterocycles. The standard InChI is InChI=1S/C18H18N4O6/c1-2-16(23)19-13-9-7-12(8-10-13)18(25)21-20-17(24)11-28-15-6-4-3-5-14(15)22(26)27/h3-10H,2,11H2,1H3,(H,19,23)(H,20,24)(H,21,25). The minimum atomic E-state index is -0.696. The van der Waals surface area contributed by atoms with Crippen LogP contribution in [0, 0.1) is 10.1 Å². The lowest BCUT2D eigenvalue weighted by Crippen LogP contribution is -2.43. The fourth-order valence-electron chi connectivity index (χ4n) is 2.06. The van der Waals surface area contributed by atoms with E-state index >= 15 is 0 Å². The van der Waals surface area contributed by atoms with Crippen molar-refractivity contribution in [2.45, 2.75) is 13.3 Å². The van der Waals surface area contributed by atoms with Gasteiger partial charge in [-0.15, -0.1) is 0 Å². The fraction of sp³-hybridized carbons (Fsp3) is 0.167. The highest BCUT2D eigenvalue weighted by molar-refractivity contribution is 5.96. The van der Waals surface area contributed by atoms with Crippen molar-refractivity contribution in [2.24, 2.45) is 0 Å². The molecular formula is C18H18N4O6. The van der Waals surface area contributed by atoms with Crippen LogP contribution in [0.3, 0.4) is 0 Å². The van der Waals surface area contributed by atoms with Gasteiger partial charge in [-0.05, 0) is 30.3 Å². The number of nitro groups is 1. The maximum absolute atomic E-state index is 12.0. The molecule has 2 aromatic rings. The van der Waals surface area contributed by atoms with Gasteiger partial charge >= 0.3 is 5.69 Å². The van der Waals surface area contributed by atoms with Crippen LogP contribution in [-0.2, 0) is 9.59 Å².